The molecular formula is C19H18Cl2N6. The van der Waals surface area contributed by atoms with E-state index in [-0.39, 0.29) is 0 Å². The van der Waals surface area contributed by atoms with Crippen molar-refractivity contribution in [1.29, 1.82) is 0 Å². The highest BCUT2D eigenvalue weighted by molar-refractivity contribution is 6.36. The number of benzene rings is 2. The van der Waals surface area contributed by atoms with Gasteiger partial charge in [0.2, 0.25) is 5.95 Å². The third-order valence-corrected chi connectivity index (χ3v) is 4.21. The van der Waals surface area contributed by atoms with E-state index in [2.05, 4.69) is 25.3 Å². The molecule has 1 aromatic heterocycles. The first-order valence-corrected chi connectivity index (χ1v) is 8.97. The van der Waals surface area contributed by atoms with Crippen LogP contribution < -0.4 is 5.32 Å². The fourth-order valence-corrected chi connectivity index (χ4v) is 2.81. The van der Waals surface area contributed by atoms with Crippen LogP contribution in [0.25, 0.3) is 0 Å². The molecule has 0 radical (unpaired) electrons. The summed E-state index contributed by atoms with van der Waals surface area (Å²) in [6.07, 6.45) is 2.00. The average molecular weight is 401 g/mol. The summed E-state index contributed by atoms with van der Waals surface area (Å²) in [5, 5.41) is 4.31. The lowest BCUT2D eigenvalue weighted by molar-refractivity contribution is 0.642. The maximum Gasteiger partial charge on any atom is 0.255 e. The maximum atomic E-state index is 6.28. The molecule has 3 rings (SSSR count). The van der Waals surface area contributed by atoms with E-state index in [4.69, 9.17) is 23.2 Å². The van der Waals surface area contributed by atoms with Crippen LogP contribution in [0.4, 0.5) is 17.6 Å². The zero-order chi connectivity index (χ0) is 19.2. The number of halogens is 2. The Kier molecular flexibility index (Phi) is 6.21. The second-order valence-corrected chi connectivity index (χ2v) is 6.77. The van der Waals surface area contributed by atoms with Crippen molar-refractivity contribution in [2.75, 3.05) is 19.4 Å². The van der Waals surface area contributed by atoms with Gasteiger partial charge < -0.3 is 10.2 Å². The van der Waals surface area contributed by atoms with Gasteiger partial charge in [0.15, 0.2) is 0 Å². The van der Waals surface area contributed by atoms with Crippen LogP contribution in [0, 0.1) is 0 Å². The standard InChI is InChI=1S/C19H18Cl2N6/c1-27(2)12-22-18-24-17(11-14-15(20)9-6-10-16(14)21)25-19(26-18)23-13-7-4-3-5-8-13/h3-10,12H,11H2,1-2H3,(H,23,24,25,26). The first-order chi connectivity index (χ1) is 13.0. The molecule has 0 spiro atoms. The summed E-state index contributed by atoms with van der Waals surface area (Å²) in [7, 11) is 3.75. The van der Waals surface area contributed by atoms with E-state index in [0.717, 1.165) is 11.3 Å². The van der Waals surface area contributed by atoms with Gasteiger partial charge in [-0.05, 0) is 29.8 Å². The third kappa shape index (κ3) is 5.39. The minimum absolute atomic E-state index is 0.301. The van der Waals surface area contributed by atoms with Gasteiger partial charge in [-0.25, -0.2) is 4.99 Å². The maximum absolute atomic E-state index is 6.28. The van der Waals surface area contributed by atoms with Crippen LogP contribution in [0.5, 0.6) is 0 Å². The van der Waals surface area contributed by atoms with Gasteiger partial charge in [-0.3, -0.25) is 0 Å². The molecule has 0 unspecified atom stereocenters. The molecule has 3 aromatic rings. The number of nitrogens with zero attached hydrogens (tertiary/aromatic N) is 5. The quantitative estimate of drug-likeness (QED) is 0.478. The summed E-state index contributed by atoms with van der Waals surface area (Å²) in [5.74, 6) is 1.22. The van der Waals surface area contributed by atoms with Gasteiger partial charge in [0, 0.05) is 36.2 Å². The molecule has 2 aromatic carbocycles. The van der Waals surface area contributed by atoms with Crippen molar-refractivity contribution in [2.24, 2.45) is 4.99 Å². The minimum Gasteiger partial charge on any atom is -0.369 e. The molecule has 0 bridgehead atoms. The van der Waals surface area contributed by atoms with Crippen LogP contribution >= 0.6 is 23.2 Å². The van der Waals surface area contributed by atoms with E-state index < -0.39 is 0 Å². The summed E-state index contributed by atoms with van der Waals surface area (Å²) in [6.45, 7) is 0. The Morgan fingerprint density at radius 1 is 0.963 bits per heavy atom. The monoisotopic (exact) mass is 400 g/mol. The Balaban J connectivity index is 1.96. The lowest BCUT2D eigenvalue weighted by atomic mass is 10.1. The van der Waals surface area contributed by atoms with Crippen molar-refractivity contribution in [3.05, 3.63) is 70.0 Å². The molecule has 138 valence electrons. The van der Waals surface area contributed by atoms with E-state index >= 15 is 0 Å². The zero-order valence-electron chi connectivity index (χ0n) is 14.9. The molecule has 6 nitrogen and oxygen atoms in total. The van der Waals surface area contributed by atoms with Gasteiger partial charge >= 0.3 is 0 Å². The minimum atomic E-state index is 0.301. The van der Waals surface area contributed by atoms with E-state index in [1.54, 1.807) is 29.4 Å². The molecule has 0 aliphatic heterocycles. The summed E-state index contributed by atoms with van der Waals surface area (Å²) >= 11 is 12.6. The van der Waals surface area contributed by atoms with Crippen molar-refractivity contribution < 1.29 is 0 Å². The number of aromatic nitrogens is 3. The Labute approximate surface area is 167 Å². The van der Waals surface area contributed by atoms with E-state index in [1.807, 2.05) is 44.4 Å². The molecule has 27 heavy (non-hydrogen) atoms. The fraction of sp³-hybridized carbons (Fsp3) is 0.158. The lowest BCUT2D eigenvalue weighted by Gasteiger charge is -2.09. The molecule has 1 N–H and O–H groups in total. The number of aliphatic imine (C=N–C) groups is 1. The van der Waals surface area contributed by atoms with Crippen LogP contribution in [0.3, 0.4) is 0 Å². The number of hydrogen-bond acceptors (Lipinski definition) is 5. The highest BCUT2D eigenvalue weighted by Crippen LogP contribution is 2.26. The smallest absolute Gasteiger partial charge is 0.255 e. The van der Waals surface area contributed by atoms with Crippen molar-refractivity contribution in [1.82, 2.24) is 19.9 Å². The predicted molar refractivity (Wildman–Crippen MR) is 111 cm³/mol. The molecule has 0 aliphatic rings. The van der Waals surface area contributed by atoms with Crippen LogP contribution in [-0.4, -0.2) is 40.3 Å². The van der Waals surface area contributed by atoms with E-state index in [9.17, 15) is 0 Å². The largest absolute Gasteiger partial charge is 0.369 e. The SMILES string of the molecule is CN(C)C=Nc1nc(Cc2c(Cl)cccc2Cl)nc(Nc2ccccc2)n1. The highest BCUT2D eigenvalue weighted by Gasteiger charge is 2.12. The molecule has 1 heterocycles. The van der Waals surface area contributed by atoms with Crippen LogP contribution in [0.15, 0.2) is 53.5 Å². The van der Waals surface area contributed by atoms with Gasteiger partial charge in [0.05, 0.1) is 6.34 Å². The average Bonchev–Trinajstić information content (AvgIpc) is 2.64. The Morgan fingerprint density at radius 3 is 2.33 bits per heavy atom. The van der Waals surface area contributed by atoms with Crippen LogP contribution in [0.2, 0.25) is 10.0 Å². The number of hydrogen-bond donors (Lipinski definition) is 1. The van der Waals surface area contributed by atoms with Crippen molar-refractivity contribution in [3.8, 4) is 0 Å². The number of rotatable bonds is 6. The topological polar surface area (TPSA) is 66.3 Å². The lowest BCUT2D eigenvalue weighted by Crippen LogP contribution is -2.08. The number of anilines is 2. The summed E-state index contributed by atoms with van der Waals surface area (Å²) in [5.41, 5.74) is 1.63. The Bertz CT molecular complexity index is 924. The molecule has 8 heteroatoms. The second kappa shape index (κ2) is 8.79. The first-order valence-electron chi connectivity index (χ1n) is 8.22. The highest BCUT2D eigenvalue weighted by atomic mass is 35.5. The second-order valence-electron chi connectivity index (χ2n) is 5.95. The van der Waals surface area contributed by atoms with Crippen molar-refractivity contribution in [3.63, 3.8) is 0 Å². The molecule has 0 atom stereocenters. The Morgan fingerprint density at radius 2 is 1.67 bits per heavy atom. The van der Waals surface area contributed by atoms with Gasteiger partial charge in [-0.15, -0.1) is 0 Å². The molecule has 0 amide bonds. The van der Waals surface area contributed by atoms with E-state index in [1.165, 1.54) is 0 Å². The number of nitrogens with one attached hydrogen (secondary N) is 1. The van der Waals surface area contributed by atoms with Crippen molar-refractivity contribution >= 4 is 47.1 Å². The normalized spacial score (nSPS) is 11.0. The van der Waals surface area contributed by atoms with Gasteiger partial charge in [0.1, 0.15) is 5.82 Å². The molecule has 0 aliphatic carbocycles. The number of para-hydroxylation sites is 1. The Hall–Kier alpha value is -2.70. The van der Waals surface area contributed by atoms with Crippen LogP contribution in [0.1, 0.15) is 11.4 Å². The zero-order valence-corrected chi connectivity index (χ0v) is 16.4. The molecule has 0 fully saturated rings. The third-order valence-electron chi connectivity index (χ3n) is 3.50. The first kappa shape index (κ1) is 19.1. The fourth-order valence-electron chi connectivity index (χ4n) is 2.28. The van der Waals surface area contributed by atoms with Crippen LogP contribution in [-0.2, 0) is 6.42 Å². The van der Waals surface area contributed by atoms with Gasteiger partial charge in [-0.1, -0.05) is 47.5 Å². The summed E-state index contributed by atoms with van der Waals surface area (Å²) in [4.78, 5) is 19.4. The van der Waals surface area contributed by atoms with Crippen molar-refractivity contribution in [2.45, 2.75) is 6.42 Å². The predicted octanol–water partition coefficient (Wildman–Crippen LogP) is 4.73. The summed E-state index contributed by atoms with van der Waals surface area (Å²) in [6, 6.07) is 15.0. The molecule has 0 saturated carbocycles. The molecule has 0 saturated heterocycles. The molecular weight excluding hydrogens is 383 g/mol. The van der Waals surface area contributed by atoms with Gasteiger partial charge in [0.25, 0.3) is 5.95 Å². The van der Waals surface area contributed by atoms with Gasteiger partial charge in [-0.2, -0.15) is 15.0 Å². The van der Waals surface area contributed by atoms with E-state index in [0.29, 0.717) is 34.2 Å². The summed E-state index contributed by atoms with van der Waals surface area (Å²) < 4.78 is 0.